The fourth-order valence-corrected chi connectivity index (χ4v) is 3.11. The van der Waals surface area contributed by atoms with Crippen LogP contribution in [0.3, 0.4) is 0 Å². The van der Waals surface area contributed by atoms with Crippen molar-refractivity contribution in [1.82, 2.24) is 0 Å². The van der Waals surface area contributed by atoms with E-state index in [2.05, 4.69) is 0 Å². The lowest BCUT2D eigenvalue weighted by atomic mass is 10.1. The van der Waals surface area contributed by atoms with Crippen LogP contribution < -0.4 is 0 Å². The molecule has 4 heteroatoms. The molecule has 1 saturated carbocycles. The van der Waals surface area contributed by atoms with Crippen LogP contribution in [0.5, 0.6) is 0 Å². The highest BCUT2D eigenvalue weighted by Crippen LogP contribution is 2.37. The van der Waals surface area contributed by atoms with Crippen molar-refractivity contribution in [1.29, 1.82) is 0 Å². The van der Waals surface area contributed by atoms with Crippen molar-refractivity contribution in [3.63, 3.8) is 0 Å². The SMILES string of the molecule is CC1C(=O)CCC1Sc1ccc(F)c(F)c1. The zero-order valence-electron chi connectivity index (χ0n) is 8.87. The molecule has 0 N–H and O–H groups in total. The first kappa shape index (κ1) is 11.6. The standard InChI is InChI=1S/C12H12F2OS/c1-7-11(15)4-5-12(7)16-8-2-3-9(13)10(14)6-8/h2-3,6-7,12H,4-5H2,1H3. The first-order chi connectivity index (χ1) is 7.58. The van der Waals surface area contributed by atoms with Gasteiger partial charge in [0.1, 0.15) is 5.78 Å². The molecule has 2 atom stereocenters. The molecule has 0 heterocycles. The lowest BCUT2D eigenvalue weighted by Crippen LogP contribution is -2.11. The van der Waals surface area contributed by atoms with E-state index >= 15 is 0 Å². The third-order valence-electron chi connectivity index (χ3n) is 2.92. The molecule has 0 saturated heterocycles. The Hall–Kier alpha value is -0.900. The highest BCUT2D eigenvalue weighted by molar-refractivity contribution is 8.00. The molecular formula is C12H12F2OS. The highest BCUT2D eigenvalue weighted by Gasteiger charge is 2.31. The minimum absolute atomic E-state index is 0.0121. The molecule has 0 aliphatic heterocycles. The van der Waals surface area contributed by atoms with Gasteiger partial charge in [0.25, 0.3) is 0 Å². The molecule has 16 heavy (non-hydrogen) atoms. The fraction of sp³-hybridized carbons (Fsp3) is 0.417. The molecule has 1 fully saturated rings. The molecule has 1 aromatic rings. The molecule has 0 amide bonds. The number of hydrogen-bond donors (Lipinski definition) is 0. The fourth-order valence-electron chi connectivity index (χ4n) is 1.86. The predicted octanol–water partition coefficient (Wildman–Crippen LogP) is 3.42. The maximum atomic E-state index is 13.0. The van der Waals surface area contributed by atoms with Crippen LogP contribution in [0.25, 0.3) is 0 Å². The third kappa shape index (κ3) is 2.26. The average molecular weight is 242 g/mol. The second kappa shape index (κ2) is 4.53. The van der Waals surface area contributed by atoms with Gasteiger partial charge in [-0.2, -0.15) is 0 Å². The van der Waals surface area contributed by atoms with E-state index in [1.807, 2.05) is 6.92 Å². The molecule has 0 bridgehead atoms. The summed E-state index contributed by atoms with van der Waals surface area (Å²) >= 11 is 1.46. The molecule has 86 valence electrons. The lowest BCUT2D eigenvalue weighted by Gasteiger charge is -2.13. The maximum absolute atomic E-state index is 13.0. The Labute approximate surface area is 97.2 Å². The number of Topliss-reactive ketones (excluding diaryl/α,β-unsaturated/α-hetero) is 1. The van der Waals surface area contributed by atoms with Crippen LogP contribution >= 0.6 is 11.8 Å². The van der Waals surface area contributed by atoms with Crippen LogP contribution in [-0.4, -0.2) is 11.0 Å². The van der Waals surface area contributed by atoms with Gasteiger partial charge in [-0.15, -0.1) is 11.8 Å². The Bertz CT molecular complexity index is 419. The van der Waals surface area contributed by atoms with Gasteiger partial charge in [-0.3, -0.25) is 4.79 Å². The van der Waals surface area contributed by atoms with Crippen LogP contribution in [0, 0.1) is 17.6 Å². The quantitative estimate of drug-likeness (QED) is 0.790. The summed E-state index contributed by atoms with van der Waals surface area (Å²) in [5.41, 5.74) is 0. The van der Waals surface area contributed by atoms with Gasteiger partial charge >= 0.3 is 0 Å². The summed E-state index contributed by atoms with van der Waals surface area (Å²) in [6.07, 6.45) is 1.42. The molecule has 2 unspecified atom stereocenters. The van der Waals surface area contributed by atoms with Gasteiger partial charge in [0, 0.05) is 22.5 Å². The zero-order chi connectivity index (χ0) is 11.7. The number of halogens is 2. The van der Waals surface area contributed by atoms with Gasteiger partial charge in [-0.1, -0.05) is 6.92 Å². The summed E-state index contributed by atoms with van der Waals surface area (Å²) in [5, 5.41) is 0.192. The monoisotopic (exact) mass is 242 g/mol. The van der Waals surface area contributed by atoms with Gasteiger partial charge in [-0.25, -0.2) is 8.78 Å². The van der Waals surface area contributed by atoms with Gasteiger partial charge in [0.15, 0.2) is 11.6 Å². The molecular weight excluding hydrogens is 230 g/mol. The first-order valence-electron chi connectivity index (χ1n) is 5.22. The Balaban J connectivity index is 2.09. The van der Waals surface area contributed by atoms with Crippen LogP contribution in [0.15, 0.2) is 23.1 Å². The van der Waals surface area contributed by atoms with Crippen LogP contribution in [0.2, 0.25) is 0 Å². The summed E-state index contributed by atoms with van der Waals surface area (Å²) in [6.45, 7) is 1.90. The summed E-state index contributed by atoms with van der Waals surface area (Å²) in [7, 11) is 0. The highest BCUT2D eigenvalue weighted by atomic mass is 32.2. The number of thioether (sulfide) groups is 1. The number of carbonyl (C=O) groups excluding carboxylic acids is 1. The first-order valence-corrected chi connectivity index (χ1v) is 6.10. The topological polar surface area (TPSA) is 17.1 Å². The van der Waals surface area contributed by atoms with Gasteiger partial charge in [-0.05, 0) is 24.6 Å². The smallest absolute Gasteiger partial charge is 0.159 e. The van der Waals surface area contributed by atoms with E-state index < -0.39 is 11.6 Å². The molecule has 0 aromatic heterocycles. The van der Waals surface area contributed by atoms with Crippen LogP contribution in [-0.2, 0) is 4.79 Å². The maximum Gasteiger partial charge on any atom is 0.159 e. The van der Waals surface area contributed by atoms with E-state index in [4.69, 9.17) is 0 Å². The Morgan fingerprint density at radius 3 is 2.62 bits per heavy atom. The van der Waals surface area contributed by atoms with E-state index in [0.717, 1.165) is 12.5 Å². The second-order valence-electron chi connectivity index (χ2n) is 4.03. The Morgan fingerprint density at radius 2 is 2.06 bits per heavy atom. The van der Waals surface area contributed by atoms with Crippen molar-refractivity contribution in [2.24, 2.45) is 5.92 Å². The second-order valence-corrected chi connectivity index (χ2v) is 5.34. The molecule has 2 rings (SSSR count). The summed E-state index contributed by atoms with van der Waals surface area (Å²) in [4.78, 5) is 12.0. The van der Waals surface area contributed by atoms with Crippen LogP contribution in [0.4, 0.5) is 8.78 Å². The summed E-state index contributed by atoms with van der Waals surface area (Å²) < 4.78 is 25.7. The van der Waals surface area contributed by atoms with Crippen molar-refractivity contribution in [3.8, 4) is 0 Å². The average Bonchev–Trinajstić information content (AvgIpc) is 2.55. The largest absolute Gasteiger partial charge is 0.299 e. The predicted molar refractivity (Wildman–Crippen MR) is 59.4 cm³/mol. The number of rotatable bonds is 2. The molecule has 1 aromatic carbocycles. The van der Waals surface area contributed by atoms with E-state index in [-0.39, 0.29) is 17.0 Å². The van der Waals surface area contributed by atoms with Crippen LogP contribution in [0.1, 0.15) is 19.8 Å². The van der Waals surface area contributed by atoms with Gasteiger partial charge < -0.3 is 0 Å². The zero-order valence-corrected chi connectivity index (χ0v) is 9.69. The number of hydrogen-bond acceptors (Lipinski definition) is 2. The minimum Gasteiger partial charge on any atom is -0.299 e. The third-order valence-corrected chi connectivity index (χ3v) is 4.39. The van der Waals surface area contributed by atoms with Crippen molar-refractivity contribution in [2.75, 3.05) is 0 Å². The summed E-state index contributed by atoms with van der Waals surface area (Å²) in [5.74, 6) is -1.39. The van der Waals surface area contributed by atoms with Gasteiger partial charge in [0.05, 0.1) is 0 Å². The molecule has 0 spiro atoms. The van der Waals surface area contributed by atoms with E-state index in [0.29, 0.717) is 11.3 Å². The van der Waals surface area contributed by atoms with Crippen molar-refractivity contribution < 1.29 is 13.6 Å². The summed E-state index contributed by atoms with van der Waals surface area (Å²) in [6, 6.07) is 3.87. The Morgan fingerprint density at radius 1 is 1.31 bits per heavy atom. The molecule has 1 aliphatic rings. The van der Waals surface area contributed by atoms with Crippen molar-refractivity contribution in [3.05, 3.63) is 29.8 Å². The lowest BCUT2D eigenvalue weighted by molar-refractivity contribution is -0.120. The van der Waals surface area contributed by atoms with Gasteiger partial charge in [0.2, 0.25) is 0 Å². The number of carbonyl (C=O) groups is 1. The van der Waals surface area contributed by atoms with E-state index in [1.54, 1.807) is 6.07 Å². The Kier molecular flexibility index (Phi) is 3.28. The van der Waals surface area contributed by atoms with E-state index in [9.17, 15) is 13.6 Å². The molecule has 1 aliphatic carbocycles. The van der Waals surface area contributed by atoms with E-state index in [1.165, 1.54) is 17.8 Å². The number of ketones is 1. The van der Waals surface area contributed by atoms with Crippen molar-refractivity contribution in [2.45, 2.75) is 29.9 Å². The molecule has 0 radical (unpaired) electrons. The normalized spacial score (nSPS) is 25.1. The minimum atomic E-state index is -0.833. The van der Waals surface area contributed by atoms with Crippen molar-refractivity contribution >= 4 is 17.5 Å². The molecule has 1 nitrogen and oxygen atoms in total. The number of benzene rings is 1.